The van der Waals surface area contributed by atoms with Crippen LogP contribution >= 0.6 is 0 Å². The summed E-state index contributed by atoms with van der Waals surface area (Å²) >= 11 is 0. The van der Waals surface area contributed by atoms with E-state index in [1.165, 1.54) is 6.20 Å². The standard InChI is InChI=1S/C13H10F3NO2/c1-8-7-17-5-4-10(8)11-6-9(2-3-12(11)18)19-13(14,15)16/h2-7,18H,1H3. The van der Waals surface area contributed by atoms with Gasteiger partial charge in [-0.1, -0.05) is 0 Å². The number of ether oxygens (including phenoxy) is 1. The Morgan fingerprint density at radius 3 is 2.53 bits per heavy atom. The van der Waals surface area contributed by atoms with Crippen LogP contribution < -0.4 is 4.74 Å². The maximum atomic E-state index is 12.2. The third-order valence-electron chi connectivity index (χ3n) is 2.51. The molecular formula is C13H10F3NO2. The van der Waals surface area contributed by atoms with Gasteiger partial charge in [0.25, 0.3) is 0 Å². The second-order valence-electron chi connectivity index (χ2n) is 3.92. The van der Waals surface area contributed by atoms with E-state index in [0.717, 1.165) is 23.8 Å². The Labute approximate surface area is 107 Å². The molecule has 100 valence electrons. The molecule has 1 heterocycles. The molecule has 0 saturated carbocycles. The van der Waals surface area contributed by atoms with Crippen LogP contribution in [0.4, 0.5) is 13.2 Å². The molecule has 0 bridgehead atoms. The van der Waals surface area contributed by atoms with Crippen LogP contribution in [0.15, 0.2) is 36.7 Å². The SMILES string of the molecule is Cc1cnccc1-c1cc(OC(F)(F)F)ccc1O. The fourth-order valence-corrected chi connectivity index (χ4v) is 1.70. The van der Waals surface area contributed by atoms with Crippen molar-refractivity contribution in [3.8, 4) is 22.6 Å². The fourth-order valence-electron chi connectivity index (χ4n) is 1.70. The summed E-state index contributed by atoms with van der Waals surface area (Å²) in [6.45, 7) is 1.75. The lowest BCUT2D eigenvalue weighted by atomic mass is 10.0. The van der Waals surface area contributed by atoms with Crippen LogP contribution in [0.1, 0.15) is 5.56 Å². The summed E-state index contributed by atoms with van der Waals surface area (Å²) in [6, 6.07) is 4.98. The van der Waals surface area contributed by atoms with Crippen molar-refractivity contribution in [2.75, 3.05) is 0 Å². The zero-order valence-electron chi connectivity index (χ0n) is 9.90. The van der Waals surface area contributed by atoms with E-state index in [9.17, 15) is 18.3 Å². The Morgan fingerprint density at radius 1 is 1.16 bits per heavy atom. The minimum atomic E-state index is -4.76. The summed E-state index contributed by atoms with van der Waals surface area (Å²) in [5.74, 6) is -0.500. The Hall–Kier alpha value is -2.24. The molecule has 0 unspecified atom stereocenters. The van der Waals surface area contributed by atoms with E-state index >= 15 is 0 Å². The van der Waals surface area contributed by atoms with Crippen molar-refractivity contribution in [2.45, 2.75) is 13.3 Å². The van der Waals surface area contributed by atoms with Gasteiger partial charge in [-0.15, -0.1) is 13.2 Å². The van der Waals surface area contributed by atoms with Gasteiger partial charge in [0.15, 0.2) is 0 Å². The van der Waals surface area contributed by atoms with Crippen molar-refractivity contribution in [1.29, 1.82) is 0 Å². The molecule has 1 aromatic carbocycles. The Kier molecular flexibility index (Phi) is 3.33. The number of halogens is 3. The summed E-state index contributed by atoms with van der Waals surface area (Å²) in [5.41, 5.74) is 1.60. The Morgan fingerprint density at radius 2 is 1.89 bits per heavy atom. The predicted molar refractivity (Wildman–Crippen MR) is 62.8 cm³/mol. The molecule has 6 heteroatoms. The van der Waals surface area contributed by atoms with Gasteiger partial charge in [-0.3, -0.25) is 4.98 Å². The van der Waals surface area contributed by atoms with Gasteiger partial charge < -0.3 is 9.84 Å². The summed E-state index contributed by atoms with van der Waals surface area (Å²) in [4.78, 5) is 3.89. The minimum absolute atomic E-state index is 0.121. The number of hydrogen-bond donors (Lipinski definition) is 1. The first-order chi connectivity index (χ1) is 8.87. The van der Waals surface area contributed by atoms with Crippen molar-refractivity contribution in [3.05, 3.63) is 42.2 Å². The van der Waals surface area contributed by atoms with Crippen LogP contribution in [-0.2, 0) is 0 Å². The number of alkyl halides is 3. The molecule has 0 radical (unpaired) electrons. The summed E-state index contributed by atoms with van der Waals surface area (Å²) in [6.07, 6.45) is -1.70. The van der Waals surface area contributed by atoms with Crippen molar-refractivity contribution >= 4 is 0 Å². The zero-order chi connectivity index (χ0) is 14.0. The number of phenols is 1. The molecule has 0 aliphatic carbocycles. The maximum absolute atomic E-state index is 12.2. The van der Waals surface area contributed by atoms with Gasteiger partial charge in [0, 0.05) is 18.0 Å². The van der Waals surface area contributed by atoms with Crippen molar-refractivity contribution in [2.24, 2.45) is 0 Å². The lowest BCUT2D eigenvalue weighted by Gasteiger charge is -2.12. The molecule has 2 rings (SSSR count). The van der Waals surface area contributed by atoms with E-state index in [4.69, 9.17) is 0 Å². The fraction of sp³-hybridized carbons (Fsp3) is 0.154. The number of aromatic nitrogens is 1. The monoisotopic (exact) mass is 269 g/mol. The van der Waals surface area contributed by atoms with Crippen molar-refractivity contribution < 1.29 is 23.0 Å². The molecule has 2 aromatic rings. The number of phenolic OH excluding ortho intramolecular Hbond substituents is 1. The second kappa shape index (κ2) is 4.79. The van der Waals surface area contributed by atoms with Crippen molar-refractivity contribution in [1.82, 2.24) is 4.98 Å². The summed E-state index contributed by atoms with van der Waals surface area (Å²) < 4.78 is 40.3. The van der Waals surface area contributed by atoms with Crippen LogP contribution in [0.3, 0.4) is 0 Å². The molecule has 19 heavy (non-hydrogen) atoms. The van der Waals surface area contributed by atoms with Gasteiger partial charge in [-0.25, -0.2) is 0 Å². The molecule has 0 spiro atoms. The molecule has 0 amide bonds. The molecule has 0 aliphatic heterocycles. The summed E-state index contributed by atoms with van der Waals surface area (Å²) in [7, 11) is 0. The average Bonchev–Trinajstić information content (AvgIpc) is 2.31. The number of benzene rings is 1. The van der Waals surface area contributed by atoms with Crippen molar-refractivity contribution in [3.63, 3.8) is 0 Å². The van der Waals surface area contributed by atoms with Gasteiger partial charge in [-0.05, 0) is 42.3 Å². The number of hydrogen-bond acceptors (Lipinski definition) is 3. The van der Waals surface area contributed by atoms with E-state index in [0.29, 0.717) is 5.56 Å². The van der Waals surface area contributed by atoms with E-state index in [2.05, 4.69) is 9.72 Å². The highest BCUT2D eigenvalue weighted by atomic mass is 19.4. The average molecular weight is 269 g/mol. The van der Waals surface area contributed by atoms with Gasteiger partial charge in [0.2, 0.25) is 0 Å². The number of pyridine rings is 1. The number of rotatable bonds is 2. The lowest BCUT2D eigenvalue weighted by Crippen LogP contribution is -2.17. The minimum Gasteiger partial charge on any atom is -0.507 e. The van der Waals surface area contributed by atoms with Crippen LogP contribution in [-0.4, -0.2) is 16.5 Å². The first kappa shape index (κ1) is 13.2. The van der Waals surface area contributed by atoms with Crippen LogP contribution in [0.2, 0.25) is 0 Å². The third-order valence-corrected chi connectivity index (χ3v) is 2.51. The molecule has 0 aliphatic rings. The maximum Gasteiger partial charge on any atom is 0.573 e. The zero-order valence-corrected chi connectivity index (χ0v) is 9.90. The van der Waals surface area contributed by atoms with Crippen LogP contribution in [0.25, 0.3) is 11.1 Å². The van der Waals surface area contributed by atoms with E-state index in [1.807, 2.05) is 0 Å². The topological polar surface area (TPSA) is 42.4 Å². The normalized spacial score (nSPS) is 11.4. The van der Waals surface area contributed by atoms with E-state index in [1.54, 1.807) is 19.2 Å². The number of aryl methyl sites for hydroxylation is 1. The smallest absolute Gasteiger partial charge is 0.507 e. The predicted octanol–water partition coefficient (Wildman–Crippen LogP) is 3.66. The summed E-state index contributed by atoms with van der Waals surface area (Å²) in [5, 5.41) is 9.75. The number of aromatic hydroxyl groups is 1. The highest BCUT2D eigenvalue weighted by molar-refractivity contribution is 5.73. The lowest BCUT2D eigenvalue weighted by molar-refractivity contribution is -0.274. The highest BCUT2D eigenvalue weighted by Crippen LogP contribution is 2.35. The molecular weight excluding hydrogens is 259 g/mol. The van der Waals surface area contributed by atoms with Crippen LogP contribution in [0.5, 0.6) is 11.5 Å². The molecule has 0 atom stereocenters. The third kappa shape index (κ3) is 3.15. The molecule has 1 N–H and O–H groups in total. The Balaban J connectivity index is 2.46. The van der Waals surface area contributed by atoms with E-state index in [-0.39, 0.29) is 17.1 Å². The quantitative estimate of drug-likeness (QED) is 0.904. The number of nitrogens with zero attached hydrogens (tertiary/aromatic N) is 1. The van der Waals surface area contributed by atoms with Gasteiger partial charge in [0.1, 0.15) is 11.5 Å². The van der Waals surface area contributed by atoms with Gasteiger partial charge in [0.05, 0.1) is 0 Å². The van der Waals surface area contributed by atoms with E-state index < -0.39 is 6.36 Å². The highest BCUT2D eigenvalue weighted by Gasteiger charge is 2.31. The molecule has 0 saturated heterocycles. The first-order valence-electron chi connectivity index (χ1n) is 5.36. The van der Waals surface area contributed by atoms with Gasteiger partial charge in [-0.2, -0.15) is 0 Å². The first-order valence-corrected chi connectivity index (χ1v) is 5.36. The van der Waals surface area contributed by atoms with Gasteiger partial charge >= 0.3 is 6.36 Å². The molecule has 3 nitrogen and oxygen atoms in total. The molecule has 1 aromatic heterocycles. The van der Waals surface area contributed by atoms with Crippen LogP contribution in [0, 0.1) is 6.92 Å². The second-order valence-corrected chi connectivity index (χ2v) is 3.92. The largest absolute Gasteiger partial charge is 0.573 e. The molecule has 0 fully saturated rings. The Bertz CT molecular complexity index is 597.